The number of benzene rings is 2. The van der Waals surface area contributed by atoms with Gasteiger partial charge in [-0.2, -0.15) is 9.97 Å². The van der Waals surface area contributed by atoms with E-state index in [0.717, 1.165) is 60.0 Å². The highest BCUT2D eigenvalue weighted by molar-refractivity contribution is 5.90. The van der Waals surface area contributed by atoms with Gasteiger partial charge in [-0.3, -0.25) is 0 Å². The van der Waals surface area contributed by atoms with Crippen molar-refractivity contribution in [1.29, 1.82) is 0 Å². The van der Waals surface area contributed by atoms with Crippen molar-refractivity contribution in [2.75, 3.05) is 49.2 Å². The lowest BCUT2D eigenvalue weighted by Crippen LogP contribution is -2.46. The van der Waals surface area contributed by atoms with Crippen LogP contribution in [0.25, 0.3) is 22.3 Å². The first-order valence-electron chi connectivity index (χ1n) is 13.3. The molecule has 6 rings (SSSR count). The molecule has 2 aliphatic heterocycles. The van der Waals surface area contributed by atoms with Crippen LogP contribution in [0.15, 0.2) is 66.7 Å². The number of morpholine rings is 2. The first kappa shape index (κ1) is 24.6. The zero-order valence-corrected chi connectivity index (χ0v) is 21.9. The number of fused-ring (bicyclic) bond motifs is 1. The maximum atomic E-state index is 5.96. The molecule has 2 aromatic carbocycles. The van der Waals surface area contributed by atoms with E-state index in [0.29, 0.717) is 31.4 Å². The van der Waals surface area contributed by atoms with Crippen LogP contribution in [-0.2, 0) is 16.1 Å². The molecule has 0 saturated carbocycles. The molecule has 0 aliphatic carbocycles. The van der Waals surface area contributed by atoms with Crippen molar-refractivity contribution < 1.29 is 14.2 Å². The smallest absolute Gasteiger partial charge is 0.229 e. The van der Waals surface area contributed by atoms with E-state index in [1.165, 1.54) is 0 Å². The summed E-state index contributed by atoms with van der Waals surface area (Å²) in [5.41, 5.74) is 3.72. The second-order valence-electron chi connectivity index (χ2n) is 9.98. The van der Waals surface area contributed by atoms with Crippen molar-refractivity contribution in [2.45, 2.75) is 32.7 Å². The summed E-state index contributed by atoms with van der Waals surface area (Å²) in [6.07, 6.45) is 0.235. The van der Waals surface area contributed by atoms with Crippen LogP contribution in [0.4, 0.5) is 11.8 Å². The van der Waals surface area contributed by atoms with E-state index < -0.39 is 0 Å². The molecule has 0 amide bonds. The molecule has 0 N–H and O–H groups in total. The molecule has 2 aromatic heterocycles. The third kappa shape index (κ3) is 5.42. The van der Waals surface area contributed by atoms with Crippen LogP contribution in [-0.4, -0.2) is 66.6 Å². The molecule has 0 bridgehead atoms. The van der Waals surface area contributed by atoms with Gasteiger partial charge in [0, 0.05) is 31.7 Å². The molecule has 38 heavy (non-hydrogen) atoms. The molecule has 0 radical (unpaired) electrons. The van der Waals surface area contributed by atoms with Crippen LogP contribution in [0.5, 0.6) is 5.75 Å². The molecule has 4 heterocycles. The average molecular weight is 512 g/mol. The van der Waals surface area contributed by atoms with Crippen molar-refractivity contribution in [3.05, 3.63) is 72.3 Å². The summed E-state index contributed by atoms with van der Waals surface area (Å²) < 4.78 is 17.5. The first-order valence-corrected chi connectivity index (χ1v) is 13.3. The molecule has 2 saturated heterocycles. The Balaban J connectivity index is 1.31. The molecule has 8 nitrogen and oxygen atoms in total. The van der Waals surface area contributed by atoms with Gasteiger partial charge in [-0.15, -0.1) is 0 Å². The van der Waals surface area contributed by atoms with Gasteiger partial charge in [0.25, 0.3) is 0 Å². The molecule has 2 fully saturated rings. The first-order chi connectivity index (χ1) is 18.6. The Morgan fingerprint density at radius 2 is 1.55 bits per heavy atom. The quantitative estimate of drug-likeness (QED) is 0.368. The highest BCUT2D eigenvalue weighted by Gasteiger charge is 2.26. The van der Waals surface area contributed by atoms with Crippen molar-refractivity contribution >= 4 is 22.8 Å². The van der Waals surface area contributed by atoms with E-state index in [1.54, 1.807) is 0 Å². The third-order valence-corrected chi connectivity index (χ3v) is 6.94. The van der Waals surface area contributed by atoms with Gasteiger partial charge in [-0.05, 0) is 55.8 Å². The topological polar surface area (TPSA) is 72.8 Å². The van der Waals surface area contributed by atoms with Gasteiger partial charge in [-0.1, -0.05) is 30.3 Å². The third-order valence-electron chi connectivity index (χ3n) is 6.94. The van der Waals surface area contributed by atoms with E-state index in [1.807, 2.05) is 48.5 Å². The molecule has 8 heteroatoms. The number of nitrogens with zero attached hydrogens (tertiary/aromatic N) is 5. The number of aromatic nitrogens is 3. The minimum atomic E-state index is 0.117. The fourth-order valence-corrected chi connectivity index (χ4v) is 5.11. The van der Waals surface area contributed by atoms with Crippen molar-refractivity contribution in [3.8, 4) is 17.0 Å². The fraction of sp³-hybridized carbons (Fsp3) is 0.367. The summed E-state index contributed by atoms with van der Waals surface area (Å²) in [5.74, 6) is 2.45. The highest BCUT2D eigenvalue weighted by Crippen LogP contribution is 2.30. The van der Waals surface area contributed by atoms with Crippen molar-refractivity contribution in [2.24, 2.45) is 0 Å². The summed E-state index contributed by atoms with van der Waals surface area (Å²) in [4.78, 5) is 19.5. The summed E-state index contributed by atoms with van der Waals surface area (Å²) in [6.45, 7) is 9.21. The molecular formula is C30H33N5O3. The van der Waals surface area contributed by atoms with Gasteiger partial charge < -0.3 is 24.0 Å². The minimum absolute atomic E-state index is 0.117. The van der Waals surface area contributed by atoms with E-state index in [-0.39, 0.29) is 12.2 Å². The number of pyridine rings is 1. The number of hydrogen-bond acceptors (Lipinski definition) is 8. The summed E-state index contributed by atoms with van der Waals surface area (Å²) in [5, 5.41) is 0.955. The number of anilines is 2. The summed E-state index contributed by atoms with van der Waals surface area (Å²) in [6, 6.07) is 22.4. The van der Waals surface area contributed by atoms with E-state index in [9.17, 15) is 0 Å². The van der Waals surface area contributed by atoms with Gasteiger partial charge in [0.2, 0.25) is 5.95 Å². The Labute approximate surface area is 223 Å². The summed E-state index contributed by atoms with van der Waals surface area (Å²) in [7, 11) is 0. The standard InChI is InChI=1S/C30H33N5O3/c1-21-18-35(19-22(2)38-21)30-32-28-26(29(33-30)34-14-16-36-17-15-34)12-13-27(31-28)24-8-10-25(11-9-24)37-20-23-6-4-3-5-7-23/h3-13,21-22H,14-20H2,1-2H3/t21-,22+. The normalized spacial score (nSPS) is 20.1. The van der Waals surface area contributed by atoms with E-state index in [2.05, 4.69) is 41.8 Å². The van der Waals surface area contributed by atoms with Crippen LogP contribution in [0, 0.1) is 0 Å². The molecule has 4 aromatic rings. The SMILES string of the molecule is C[C@@H]1CN(c2nc(N3CCOCC3)c3ccc(-c4ccc(OCc5ccccc5)cc4)nc3n2)C[C@H](C)O1. The van der Waals surface area contributed by atoms with Crippen LogP contribution < -0.4 is 14.5 Å². The van der Waals surface area contributed by atoms with Gasteiger partial charge >= 0.3 is 0 Å². The monoisotopic (exact) mass is 511 g/mol. The van der Waals surface area contributed by atoms with Gasteiger partial charge in [0.1, 0.15) is 18.2 Å². The molecule has 0 spiro atoms. The zero-order chi connectivity index (χ0) is 25.9. The van der Waals surface area contributed by atoms with Crippen molar-refractivity contribution in [3.63, 3.8) is 0 Å². The van der Waals surface area contributed by atoms with Crippen molar-refractivity contribution in [1.82, 2.24) is 15.0 Å². The number of hydrogen-bond donors (Lipinski definition) is 0. The molecule has 2 atom stereocenters. The largest absolute Gasteiger partial charge is 0.489 e. The lowest BCUT2D eigenvalue weighted by atomic mass is 10.1. The van der Waals surface area contributed by atoms with Gasteiger partial charge in [0.05, 0.1) is 36.5 Å². The van der Waals surface area contributed by atoms with E-state index in [4.69, 9.17) is 29.2 Å². The number of rotatable bonds is 6. The van der Waals surface area contributed by atoms with Crippen LogP contribution in [0.2, 0.25) is 0 Å². The average Bonchev–Trinajstić information content (AvgIpc) is 2.96. The Morgan fingerprint density at radius 3 is 2.29 bits per heavy atom. The molecule has 196 valence electrons. The Morgan fingerprint density at radius 1 is 0.816 bits per heavy atom. The highest BCUT2D eigenvalue weighted by atomic mass is 16.5. The Hall–Kier alpha value is -3.75. The van der Waals surface area contributed by atoms with Crippen LogP contribution in [0.1, 0.15) is 19.4 Å². The van der Waals surface area contributed by atoms with E-state index >= 15 is 0 Å². The second kappa shape index (κ2) is 10.9. The lowest BCUT2D eigenvalue weighted by molar-refractivity contribution is -0.00570. The summed E-state index contributed by atoms with van der Waals surface area (Å²) >= 11 is 0. The van der Waals surface area contributed by atoms with Crippen LogP contribution >= 0.6 is 0 Å². The maximum Gasteiger partial charge on any atom is 0.229 e. The van der Waals surface area contributed by atoms with Crippen LogP contribution in [0.3, 0.4) is 0 Å². The molecule has 0 unspecified atom stereocenters. The predicted molar refractivity (Wildman–Crippen MR) is 149 cm³/mol. The fourth-order valence-electron chi connectivity index (χ4n) is 5.11. The predicted octanol–water partition coefficient (Wildman–Crippen LogP) is 4.72. The molecular weight excluding hydrogens is 478 g/mol. The van der Waals surface area contributed by atoms with Gasteiger partial charge in [-0.25, -0.2) is 4.98 Å². The van der Waals surface area contributed by atoms with Gasteiger partial charge in [0.15, 0.2) is 5.65 Å². The number of ether oxygens (including phenoxy) is 3. The second-order valence-corrected chi connectivity index (χ2v) is 9.98. The lowest BCUT2D eigenvalue weighted by Gasteiger charge is -2.36. The Kier molecular flexibility index (Phi) is 7.07. The Bertz CT molecular complexity index is 1370. The zero-order valence-electron chi connectivity index (χ0n) is 21.9. The minimum Gasteiger partial charge on any atom is -0.489 e. The maximum absolute atomic E-state index is 5.96. The molecule has 2 aliphatic rings.